The molecule has 7 heteroatoms. The number of unbranched alkanes of at least 4 members (excludes halogenated alkanes) is 6. The van der Waals surface area contributed by atoms with E-state index in [9.17, 15) is 13.2 Å². The van der Waals surface area contributed by atoms with E-state index in [0.717, 1.165) is 12.8 Å². The summed E-state index contributed by atoms with van der Waals surface area (Å²) in [6, 6.07) is 0. The molecule has 0 aliphatic carbocycles. The summed E-state index contributed by atoms with van der Waals surface area (Å²) >= 11 is 0. The molecule has 2 aliphatic rings. The monoisotopic (exact) mass is 353 g/mol. The number of amidine groups is 1. The van der Waals surface area contributed by atoms with E-state index in [4.69, 9.17) is 0 Å². The van der Waals surface area contributed by atoms with Gasteiger partial charge in [-0.25, -0.2) is 8.42 Å². The van der Waals surface area contributed by atoms with Crippen LogP contribution in [0.3, 0.4) is 0 Å². The van der Waals surface area contributed by atoms with Gasteiger partial charge in [-0.3, -0.25) is 4.79 Å². The fraction of sp³-hybridized carbons (Fsp3) is 0.647. The SMILES string of the molecule is CCCCCCCCCNC(=O)C1=CN2CCS(=O)(=O)N=C2C=C1. The molecule has 0 fully saturated rings. The van der Waals surface area contributed by atoms with Gasteiger partial charge in [0.25, 0.3) is 15.9 Å². The van der Waals surface area contributed by atoms with Gasteiger partial charge in [0.05, 0.1) is 11.3 Å². The molecule has 0 aromatic heterocycles. The molecule has 134 valence electrons. The summed E-state index contributed by atoms with van der Waals surface area (Å²) in [4.78, 5) is 13.9. The molecular formula is C17H27N3O3S. The lowest BCUT2D eigenvalue weighted by atomic mass is 10.1. The predicted octanol–water partition coefficient (Wildman–Crippen LogP) is 2.35. The van der Waals surface area contributed by atoms with Gasteiger partial charge in [-0.1, -0.05) is 45.4 Å². The van der Waals surface area contributed by atoms with Crippen LogP contribution >= 0.6 is 0 Å². The van der Waals surface area contributed by atoms with Crippen molar-refractivity contribution < 1.29 is 13.2 Å². The minimum absolute atomic E-state index is 0.0201. The molecule has 24 heavy (non-hydrogen) atoms. The highest BCUT2D eigenvalue weighted by atomic mass is 32.2. The predicted molar refractivity (Wildman–Crippen MR) is 96.2 cm³/mol. The zero-order valence-electron chi connectivity index (χ0n) is 14.3. The second-order valence-corrected chi connectivity index (χ2v) is 7.98. The quantitative estimate of drug-likeness (QED) is 0.645. The number of nitrogens with zero attached hydrogens (tertiary/aromatic N) is 2. The third-order valence-electron chi connectivity index (χ3n) is 4.15. The normalized spacial score (nSPS) is 18.6. The van der Waals surface area contributed by atoms with E-state index in [2.05, 4.69) is 16.6 Å². The van der Waals surface area contributed by atoms with Gasteiger partial charge < -0.3 is 10.2 Å². The van der Waals surface area contributed by atoms with Crippen molar-refractivity contribution in [3.05, 3.63) is 23.9 Å². The zero-order valence-corrected chi connectivity index (χ0v) is 15.1. The smallest absolute Gasteiger partial charge is 0.256 e. The van der Waals surface area contributed by atoms with Crippen LogP contribution in [0.25, 0.3) is 0 Å². The van der Waals surface area contributed by atoms with Crippen LogP contribution in [-0.4, -0.2) is 43.9 Å². The van der Waals surface area contributed by atoms with Gasteiger partial charge in [0.2, 0.25) is 0 Å². The summed E-state index contributed by atoms with van der Waals surface area (Å²) in [5.41, 5.74) is 0.538. The highest BCUT2D eigenvalue weighted by Crippen LogP contribution is 2.15. The molecule has 1 amide bonds. The van der Waals surface area contributed by atoms with Gasteiger partial charge in [0, 0.05) is 19.3 Å². The van der Waals surface area contributed by atoms with E-state index in [1.165, 1.54) is 32.1 Å². The average Bonchev–Trinajstić information content (AvgIpc) is 2.56. The number of rotatable bonds is 9. The maximum Gasteiger partial charge on any atom is 0.256 e. The van der Waals surface area contributed by atoms with Crippen molar-refractivity contribution in [2.75, 3.05) is 18.8 Å². The molecule has 0 radical (unpaired) electrons. The first kappa shape index (κ1) is 18.7. The zero-order chi connectivity index (χ0) is 17.4. The molecule has 2 rings (SSSR count). The van der Waals surface area contributed by atoms with E-state index < -0.39 is 10.0 Å². The molecule has 2 aliphatic heterocycles. The Hall–Kier alpha value is -1.63. The average molecular weight is 353 g/mol. The number of amides is 1. The summed E-state index contributed by atoms with van der Waals surface area (Å²) in [5, 5.41) is 2.92. The number of carbonyl (C=O) groups is 1. The number of hydrogen-bond acceptors (Lipinski definition) is 4. The number of hydrogen-bond donors (Lipinski definition) is 1. The first-order valence-electron chi connectivity index (χ1n) is 8.79. The van der Waals surface area contributed by atoms with Gasteiger partial charge in [-0.15, -0.1) is 4.40 Å². The molecular weight excluding hydrogens is 326 g/mol. The summed E-state index contributed by atoms with van der Waals surface area (Å²) in [6.07, 6.45) is 13.4. The van der Waals surface area contributed by atoms with Gasteiger partial charge in [0.15, 0.2) is 0 Å². The van der Waals surface area contributed by atoms with Crippen molar-refractivity contribution >= 4 is 21.8 Å². The Morgan fingerprint density at radius 2 is 1.88 bits per heavy atom. The lowest BCUT2D eigenvalue weighted by Gasteiger charge is -2.26. The minimum atomic E-state index is -3.35. The maximum atomic E-state index is 12.2. The molecule has 0 atom stereocenters. The molecule has 2 heterocycles. The van der Waals surface area contributed by atoms with Crippen molar-refractivity contribution in [3.8, 4) is 0 Å². The van der Waals surface area contributed by atoms with Crippen molar-refractivity contribution in [3.63, 3.8) is 0 Å². The lowest BCUT2D eigenvalue weighted by Crippen LogP contribution is -2.38. The largest absolute Gasteiger partial charge is 0.352 e. The third kappa shape index (κ3) is 5.78. The molecule has 1 N–H and O–H groups in total. The second kappa shape index (κ2) is 9.01. The molecule has 0 bridgehead atoms. The van der Waals surface area contributed by atoms with Crippen molar-refractivity contribution in [1.29, 1.82) is 0 Å². The fourth-order valence-electron chi connectivity index (χ4n) is 2.72. The van der Waals surface area contributed by atoms with Crippen LogP contribution in [0.5, 0.6) is 0 Å². The topological polar surface area (TPSA) is 78.8 Å². The first-order chi connectivity index (χ1) is 11.5. The highest BCUT2D eigenvalue weighted by Gasteiger charge is 2.24. The molecule has 0 saturated carbocycles. The lowest BCUT2D eigenvalue weighted by molar-refractivity contribution is -0.117. The van der Waals surface area contributed by atoms with Crippen LogP contribution < -0.4 is 5.32 Å². The molecule has 0 spiro atoms. The van der Waals surface area contributed by atoms with Crippen molar-refractivity contribution in [1.82, 2.24) is 10.2 Å². The molecule has 0 unspecified atom stereocenters. The number of carbonyl (C=O) groups excluding carboxylic acids is 1. The van der Waals surface area contributed by atoms with Crippen LogP contribution in [0.15, 0.2) is 28.3 Å². The van der Waals surface area contributed by atoms with E-state index in [1.54, 1.807) is 23.3 Å². The van der Waals surface area contributed by atoms with Crippen molar-refractivity contribution in [2.24, 2.45) is 4.40 Å². The summed E-state index contributed by atoms with van der Waals surface area (Å²) in [5.74, 6) is 0.239. The Morgan fingerprint density at radius 1 is 1.17 bits per heavy atom. The van der Waals surface area contributed by atoms with E-state index in [-0.39, 0.29) is 11.7 Å². The third-order valence-corrected chi connectivity index (χ3v) is 5.32. The van der Waals surface area contributed by atoms with Crippen LogP contribution in [0, 0.1) is 0 Å². The van der Waals surface area contributed by atoms with Gasteiger partial charge in [-0.2, -0.15) is 0 Å². The fourth-order valence-corrected chi connectivity index (χ4v) is 3.69. The Labute approximate surface area is 144 Å². The minimum Gasteiger partial charge on any atom is -0.352 e. The van der Waals surface area contributed by atoms with E-state index in [1.807, 2.05) is 0 Å². The molecule has 0 aromatic carbocycles. The van der Waals surface area contributed by atoms with E-state index in [0.29, 0.717) is 24.5 Å². The van der Waals surface area contributed by atoms with Crippen LogP contribution in [0.2, 0.25) is 0 Å². The van der Waals surface area contributed by atoms with Crippen LogP contribution in [0.1, 0.15) is 51.9 Å². The van der Waals surface area contributed by atoms with Gasteiger partial charge >= 0.3 is 0 Å². The standard InChI is InChI=1S/C17H27N3O3S/c1-2-3-4-5-6-7-8-11-18-17(21)15-9-10-16-19-24(22,23)13-12-20(16)14-15/h9-10,14H,2-8,11-13H2,1H3,(H,18,21). The second-order valence-electron chi connectivity index (χ2n) is 6.22. The Balaban J connectivity index is 1.71. The summed E-state index contributed by atoms with van der Waals surface area (Å²) in [6.45, 7) is 3.22. The molecule has 0 saturated heterocycles. The van der Waals surface area contributed by atoms with Crippen LogP contribution in [0.4, 0.5) is 0 Å². The molecule has 0 aromatic rings. The first-order valence-corrected chi connectivity index (χ1v) is 10.4. The van der Waals surface area contributed by atoms with Crippen molar-refractivity contribution in [2.45, 2.75) is 51.9 Å². The summed E-state index contributed by atoms with van der Waals surface area (Å²) in [7, 11) is -3.35. The van der Waals surface area contributed by atoms with Gasteiger partial charge in [0.1, 0.15) is 5.84 Å². The highest BCUT2D eigenvalue weighted by molar-refractivity contribution is 7.90. The van der Waals surface area contributed by atoms with E-state index >= 15 is 0 Å². The maximum absolute atomic E-state index is 12.2. The Morgan fingerprint density at radius 3 is 2.62 bits per heavy atom. The number of nitrogens with one attached hydrogen (secondary N) is 1. The number of sulfonamides is 1. The number of fused-ring (bicyclic) bond motifs is 1. The van der Waals surface area contributed by atoms with Gasteiger partial charge in [-0.05, 0) is 18.6 Å². The Bertz CT molecular complexity index is 635. The van der Waals surface area contributed by atoms with Crippen LogP contribution in [-0.2, 0) is 14.8 Å². The molecule has 6 nitrogen and oxygen atoms in total. The summed E-state index contributed by atoms with van der Waals surface area (Å²) < 4.78 is 26.6. The Kier molecular flexibility index (Phi) is 7.02.